The summed E-state index contributed by atoms with van der Waals surface area (Å²) in [4.78, 5) is 41.3. The van der Waals surface area contributed by atoms with Crippen LogP contribution >= 0.6 is 11.6 Å². The lowest BCUT2D eigenvalue weighted by Gasteiger charge is -2.37. The Morgan fingerprint density at radius 3 is 2.41 bits per heavy atom. The van der Waals surface area contributed by atoms with E-state index < -0.39 is 5.97 Å². The number of carbonyl (C=O) groups excluding carboxylic acids is 2. The molecule has 8 nitrogen and oxygen atoms in total. The van der Waals surface area contributed by atoms with E-state index in [2.05, 4.69) is 23.1 Å². The minimum absolute atomic E-state index is 0.0746. The number of amides is 2. The molecule has 248 valence electrons. The molecule has 1 aliphatic heterocycles. The van der Waals surface area contributed by atoms with E-state index in [1.165, 1.54) is 16.0 Å². The van der Waals surface area contributed by atoms with Gasteiger partial charge < -0.3 is 14.6 Å². The van der Waals surface area contributed by atoms with Gasteiger partial charge >= 0.3 is 5.97 Å². The lowest BCUT2D eigenvalue weighted by Crippen LogP contribution is -2.48. The van der Waals surface area contributed by atoms with Crippen LogP contribution < -0.4 is 9.47 Å². The summed E-state index contributed by atoms with van der Waals surface area (Å²) in [7, 11) is 0. The summed E-state index contributed by atoms with van der Waals surface area (Å²) < 4.78 is 12.2. The van der Waals surface area contributed by atoms with Gasteiger partial charge in [0.05, 0.1) is 19.1 Å². The van der Waals surface area contributed by atoms with E-state index in [-0.39, 0.29) is 42.3 Å². The Hall–Kier alpha value is -3.10. The number of benzene rings is 2. The molecule has 1 heterocycles. The highest BCUT2D eigenvalue weighted by Gasteiger charge is 2.45. The Labute approximate surface area is 277 Å². The van der Waals surface area contributed by atoms with Gasteiger partial charge in [-0.2, -0.15) is 0 Å². The van der Waals surface area contributed by atoms with Gasteiger partial charge in [0.15, 0.2) is 11.5 Å². The van der Waals surface area contributed by atoms with Crippen molar-refractivity contribution < 1.29 is 29.0 Å². The van der Waals surface area contributed by atoms with Crippen LogP contribution in [0.15, 0.2) is 36.4 Å². The zero-order chi connectivity index (χ0) is 32.3. The van der Waals surface area contributed by atoms with Crippen LogP contribution in [-0.4, -0.2) is 59.0 Å². The molecule has 1 atom stereocenters. The smallest absolute Gasteiger partial charge is 0.306 e. The van der Waals surface area contributed by atoms with Crippen molar-refractivity contribution in [2.24, 2.45) is 17.3 Å². The third-order valence-electron chi connectivity index (χ3n) is 10.9. The van der Waals surface area contributed by atoms with Crippen LogP contribution in [0.4, 0.5) is 0 Å². The van der Waals surface area contributed by atoms with E-state index in [0.29, 0.717) is 36.9 Å². The van der Waals surface area contributed by atoms with E-state index in [1.807, 2.05) is 25.1 Å². The van der Waals surface area contributed by atoms with Crippen molar-refractivity contribution in [2.45, 2.75) is 96.6 Å². The first-order chi connectivity index (χ1) is 22.2. The standard InChI is InChI=1S/C37H47ClN2O6/c1-2-45-33-19-26(7-14-32(33)46-18-17-40-34(41)21-37(22-35(40)42)15-3-4-16-37)24-39(23-25-5-8-27(9-6-25)36(43)44)31-13-10-28-20-29(38)11-12-30(28)31/h7,11-12,14,19-20,25,27,31H,2-6,8-10,13,15-18,21-24H2,1H3,(H,43,44)/t25?,27?,31-/m0/s1. The molecule has 0 bridgehead atoms. The number of imide groups is 1. The van der Waals surface area contributed by atoms with Crippen molar-refractivity contribution in [3.05, 3.63) is 58.1 Å². The average Bonchev–Trinajstić information content (AvgIpc) is 3.66. The lowest BCUT2D eigenvalue weighted by atomic mass is 9.76. The first kappa shape index (κ1) is 32.8. The summed E-state index contributed by atoms with van der Waals surface area (Å²) in [5, 5.41) is 10.3. The largest absolute Gasteiger partial charge is 0.490 e. The predicted molar refractivity (Wildman–Crippen MR) is 176 cm³/mol. The second kappa shape index (κ2) is 14.3. The SMILES string of the molecule is CCOc1cc(CN(CC2CCC(C(=O)O)CC2)[C@H]2CCc3cc(Cl)ccc32)ccc1OCCN1C(=O)CC2(CCCC2)CC1=O. The number of hydrogen-bond donors (Lipinski definition) is 1. The quantitative estimate of drug-likeness (QED) is 0.243. The van der Waals surface area contributed by atoms with E-state index in [1.54, 1.807) is 0 Å². The van der Waals surface area contributed by atoms with E-state index >= 15 is 0 Å². The van der Waals surface area contributed by atoms with Crippen LogP contribution in [0.25, 0.3) is 0 Å². The van der Waals surface area contributed by atoms with Gasteiger partial charge in [0.25, 0.3) is 0 Å². The number of aryl methyl sites for hydroxylation is 1. The maximum Gasteiger partial charge on any atom is 0.306 e. The number of ether oxygens (including phenoxy) is 2. The van der Waals surface area contributed by atoms with Gasteiger partial charge in [0.1, 0.15) is 6.61 Å². The van der Waals surface area contributed by atoms with Gasteiger partial charge in [-0.15, -0.1) is 0 Å². The molecule has 3 aliphatic carbocycles. The molecule has 3 fully saturated rings. The van der Waals surface area contributed by atoms with Crippen LogP contribution in [0.2, 0.25) is 5.02 Å². The number of rotatable bonds is 12. The topological polar surface area (TPSA) is 96.4 Å². The number of carboxylic acid groups (broad SMARTS) is 1. The van der Waals surface area contributed by atoms with E-state index in [9.17, 15) is 19.5 Å². The fourth-order valence-corrected chi connectivity index (χ4v) is 8.64. The molecular weight excluding hydrogens is 604 g/mol. The highest BCUT2D eigenvalue weighted by Crippen LogP contribution is 2.47. The second-order valence-electron chi connectivity index (χ2n) is 13.9. The minimum Gasteiger partial charge on any atom is -0.490 e. The van der Waals surface area contributed by atoms with Gasteiger partial charge in [-0.1, -0.05) is 36.6 Å². The molecule has 2 aromatic carbocycles. The number of carboxylic acids is 1. The average molecular weight is 651 g/mol. The minimum atomic E-state index is -0.672. The van der Waals surface area contributed by atoms with Crippen LogP contribution in [0.1, 0.15) is 100 Å². The molecule has 46 heavy (non-hydrogen) atoms. The first-order valence-electron chi connectivity index (χ1n) is 17.2. The lowest BCUT2D eigenvalue weighted by molar-refractivity contribution is -0.153. The molecule has 9 heteroatoms. The zero-order valence-corrected chi connectivity index (χ0v) is 27.7. The Balaban J connectivity index is 1.13. The molecule has 0 unspecified atom stereocenters. The summed E-state index contributed by atoms with van der Waals surface area (Å²) in [6.45, 7) is 4.52. The molecule has 1 N–H and O–H groups in total. The van der Waals surface area contributed by atoms with Crippen molar-refractivity contribution >= 4 is 29.4 Å². The summed E-state index contributed by atoms with van der Waals surface area (Å²) in [5.74, 6) is 0.661. The molecule has 1 spiro atoms. The molecule has 2 aromatic rings. The Morgan fingerprint density at radius 1 is 0.978 bits per heavy atom. The zero-order valence-electron chi connectivity index (χ0n) is 27.0. The normalized spacial score (nSPS) is 24.1. The van der Waals surface area contributed by atoms with Crippen molar-refractivity contribution in [3.8, 4) is 11.5 Å². The molecule has 0 aromatic heterocycles. The van der Waals surface area contributed by atoms with Crippen LogP contribution in [0.3, 0.4) is 0 Å². The van der Waals surface area contributed by atoms with Gasteiger partial charge in [-0.3, -0.25) is 24.2 Å². The van der Waals surface area contributed by atoms with Gasteiger partial charge in [-0.25, -0.2) is 0 Å². The number of piperidine rings is 1. The number of halogens is 1. The summed E-state index contributed by atoms with van der Waals surface area (Å²) in [5.41, 5.74) is 3.64. The van der Waals surface area contributed by atoms with Crippen molar-refractivity contribution in [1.29, 1.82) is 0 Å². The molecule has 2 saturated carbocycles. The molecule has 6 rings (SSSR count). The van der Waals surface area contributed by atoms with Gasteiger partial charge in [0, 0.05) is 37.0 Å². The number of hydrogen-bond acceptors (Lipinski definition) is 6. The second-order valence-corrected chi connectivity index (χ2v) is 14.4. The monoisotopic (exact) mass is 650 g/mol. The summed E-state index contributed by atoms with van der Waals surface area (Å²) >= 11 is 6.33. The first-order valence-corrected chi connectivity index (χ1v) is 17.6. The molecule has 1 saturated heterocycles. The van der Waals surface area contributed by atoms with E-state index in [0.717, 1.165) is 87.9 Å². The predicted octanol–water partition coefficient (Wildman–Crippen LogP) is 7.21. The Bertz CT molecular complexity index is 1410. The van der Waals surface area contributed by atoms with Crippen LogP contribution in [0, 0.1) is 17.3 Å². The van der Waals surface area contributed by atoms with E-state index in [4.69, 9.17) is 21.1 Å². The third kappa shape index (κ3) is 7.38. The Morgan fingerprint density at radius 2 is 1.72 bits per heavy atom. The highest BCUT2D eigenvalue weighted by atomic mass is 35.5. The molecule has 4 aliphatic rings. The number of likely N-dealkylation sites (tertiary alicyclic amines) is 1. The maximum absolute atomic E-state index is 12.9. The number of aliphatic carboxylic acids is 1. The fourth-order valence-electron chi connectivity index (χ4n) is 8.45. The summed E-state index contributed by atoms with van der Waals surface area (Å²) in [6, 6.07) is 12.6. The fraction of sp³-hybridized carbons (Fsp3) is 0.595. The van der Waals surface area contributed by atoms with Gasteiger partial charge in [0.2, 0.25) is 11.8 Å². The van der Waals surface area contributed by atoms with Crippen LogP contribution in [-0.2, 0) is 27.3 Å². The van der Waals surface area contributed by atoms with Crippen molar-refractivity contribution in [1.82, 2.24) is 9.80 Å². The molecule has 0 radical (unpaired) electrons. The number of fused-ring (bicyclic) bond motifs is 1. The number of nitrogens with zero attached hydrogens (tertiary/aromatic N) is 2. The summed E-state index contributed by atoms with van der Waals surface area (Å²) in [6.07, 6.45) is 10.4. The van der Waals surface area contributed by atoms with Crippen molar-refractivity contribution in [2.75, 3.05) is 26.3 Å². The maximum atomic E-state index is 12.9. The Kier molecular flexibility index (Phi) is 10.2. The highest BCUT2D eigenvalue weighted by molar-refractivity contribution is 6.30. The van der Waals surface area contributed by atoms with Crippen LogP contribution in [0.5, 0.6) is 11.5 Å². The third-order valence-corrected chi connectivity index (χ3v) is 11.1. The molecular formula is C37H47ClN2O6. The number of carbonyl (C=O) groups is 3. The van der Waals surface area contributed by atoms with Crippen molar-refractivity contribution in [3.63, 3.8) is 0 Å². The molecule has 2 amide bonds. The van der Waals surface area contributed by atoms with Gasteiger partial charge in [-0.05, 0) is 111 Å².